The van der Waals surface area contributed by atoms with E-state index in [1.54, 1.807) is 23.9 Å². The Hall–Kier alpha value is -4.94. The van der Waals surface area contributed by atoms with E-state index in [1.807, 2.05) is 24.3 Å². The fraction of sp³-hybridized carbons (Fsp3) is 0.0811. The molecule has 0 saturated carbocycles. The molecule has 0 unspecified atom stereocenters. The van der Waals surface area contributed by atoms with Crippen LogP contribution in [-0.2, 0) is 5.54 Å². The Balaban J connectivity index is 1.54. The third kappa shape index (κ3) is 4.84. The number of aromatic nitrogens is 4. The van der Waals surface area contributed by atoms with E-state index in [0.29, 0.717) is 0 Å². The molecule has 0 saturated heterocycles. The summed E-state index contributed by atoms with van der Waals surface area (Å²) in [6.07, 6.45) is 2.13. The SMILES string of the molecule is CCSc1nc2ccc(-c3cn(C(c4ccccc4)(c4ccccc4)c4ccccc4)nc3-c3ccc(F)cc3)cc2[nH]1. The second-order valence-electron chi connectivity index (χ2n) is 10.4. The first-order chi connectivity index (χ1) is 21.2. The highest BCUT2D eigenvalue weighted by molar-refractivity contribution is 7.99. The number of imidazole rings is 1. The van der Waals surface area contributed by atoms with Crippen molar-refractivity contribution in [3.63, 3.8) is 0 Å². The van der Waals surface area contributed by atoms with Gasteiger partial charge in [0.15, 0.2) is 5.16 Å². The minimum atomic E-state index is -0.778. The van der Waals surface area contributed by atoms with Gasteiger partial charge in [0, 0.05) is 17.3 Å². The molecule has 0 radical (unpaired) electrons. The van der Waals surface area contributed by atoms with Crippen LogP contribution in [0, 0.1) is 5.82 Å². The van der Waals surface area contributed by atoms with Crippen LogP contribution < -0.4 is 0 Å². The molecule has 43 heavy (non-hydrogen) atoms. The molecule has 0 aliphatic rings. The number of fused-ring (bicyclic) bond motifs is 1. The number of benzene rings is 5. The molecule has 0 aliphatic carbocycles. The van der Waals surface area contributed by atoms with Crippen molar-refractivity contribution in [2.24, 2.45) is 0 Å². The number of nitrogens with one attached hydrogen (secondary N) is 1. The van der Waals surface area contributed by atoms with Crippen molar-refractivity contribution in [2.45, 2.75) is 17.6 Å². The van der Waals surface area contributed by atoms with Crippen molar-refractivity contribution in [3.8, 4) is 22.4 Å². The molecule has 5 aromatic carbocycles. The van der Waals surface area contributed by atoms with Gasteiger partial charge in [-0.1, -0.05) is 116 Å². The number of hydrogen-bond donors (Lipinski definition) is 1. The smallest absolute Gasteiger partial charge is 0.166 e. The molecular weight excluding hydrogens is 552 g/mol. The van der Waals surface area contributed by atoms with Gasteiger partial charge >= 0.3 is 0 Å². The van der Waals surface area contributed by atoms with Crippen LogP contribution in [0.5, 0.6) is 0 Å². The predicted molar refractivity (Wildman–Crippen MR) is 174 cm³/mol. The first-order valence-electron chi connectivity index (χ1n) is 14.3. The van der Waals surface area contributed by atoms with Gasteiger partial charge in [0.25, 0.3) is 0 Å². The lowest BCUT2D eigenvalue weighted by Crippen LogP contribution is -2.38. The summed E-state index contributed by atoms with van der Waals surface area (Å²) in [5, 5.41) is 6.27. The molecule has 6 heteroatoms. The maximum atomic E-state index is 14.1. The van der Waals surface area contributed by atoms with Crippen molar-refractivity contribution >= 4 is 22.8 Å². The van der Waals surface area contributed by atoms with Crippen molar-refractivity contribution in [3.05, 3.63) is 162 Å². The summed E-state index contributed by atoms with van der Waals surface area (Å²) < 4.78 is 16.2. The van der Waals surface area contributed by atoms with Crippen LogP contribution in [-0.4, -0.2) is 25.5 Å². The Labute approximate surface area is 254 Å². The zero-order valence-electron chi connectivity index (χ0n) is 23.6. The van der Waals surface area contributed by atoms with Crippen LogP contribution in [0.15, 0.2) is 145 Å². The van der Waals surface area contributed by atoms with Gasteiger partial charge in [-0.15, -0.1) is 0 Å². The molecule has 7 rings (SSSR count). The molecule has 2 aromatic heterocycles. The molecular formula is C37H29FN4S. The van der Waals surface area contributed by atoms with E-state index in [0.717, 1.165) is 61.0 Å². The van der Waals surface area contributed by atoms with E-state index in [9.17, 15) is 4.39 Å². The summed E-state index contributed by atoms with van der Waals surface area (Å²) in [7, 11) is 0. The standard InChI is InChI=1S/C37H29FN4S/c1-2-43-36-39-33-23-20-27(24-34(33)40-36)32-25-42(41-35(32)26-18-21-31(38)22-19-26)37(28-12-6-3-7-13-28,29-14-8-4-9-15-29)30-16-10-5-11-17-30/h3-25H,2H2,1H3,(H,39,40). The number of halogens is 1. The lowest BCUT2D eigenvalue weighted by Gasteiger charge is -2.36. The predicted octanol–water partition coefficient (Wildman–Crippen LogP) is 9.18. The quantitative estimate of drug-likeness (QED) is 0.144. The first-order valence-corrected chi connectivity index (χ1v) is 15.3. The van der Waals surface area contributed by atoms with Crippen LogP contribution in [0.2, 0.25) is 0 Å². The van der Waals surface area contributed by atoms with E-state index < -0.39 is 5.54 Å². The van der Waals surface area contributed by atoms with Crippen LogP contribution in [0.25, 0.3) is 33.4 Å². The van der Waals surface area contributed by atoms with Crippen molar-refractivity contribution in [2.75, 3.05) is 5.75 Å². The van der Waals surface area contributed by atoms with Gasteiger partial charge in [-0.2, -0.15) is 5.10 Å². The van der Waals surface area contributed by atoms with Crippen LogP contribution >= 0.6 is 11.8 Å². The first kappa shape index (κ1) is 26.9. The Morgan fingerprint density at radius 3 is 1.84 bits per heavy atom. The molecule has 0 amide bonds. The lowest BCUT2D eigenvalue weighted by molar-refractivity contribution is 0.461. The number of thioether (sulfide) groups is 1. The molecule has 0 spiro atoms. The highest BCUT2D eigenvalue weighted by Gasteiger charge is 2.40. The maximum absolute atomic E-state index is 14.1. The topological polar surface area (TPSA) is 46.5 Å². The van der Waals surface area contributed by atoms with Gasteiger partial charge in [0.2, 0.25) is 0 Å². The Bertz CT molecular complexity index is 1890. The average molecular weight is 581 g/mol. The zero-order valence-corrected chi connectivity index (χ0v) is 24.4. The van der Waals surface area contributed by atoms with E-state index >= 15 is 0 Å². The summed E-state index contributed by atoms with van der Waals surface area (Å²) in [5.74, 6) is 0.658. The summed E-state index contributed by atoms with van der Waals surface area (Å²) >= 11 is 1.69. The number of nitrogens with zero attached hydrogens (tertiary/aromatic N) is 3. The number of H-pyrrole nitrogens is 1. The fourth-order valence-corrected chi connectivity index (χ4v) is 6.49. The third-order valence-corrected chi connectivity index (χ3v) is 8.56. The highest BCUT2D eigenvalue weighted by atomic mass is 32.2. The maximum Gasteiger partial charge on any atom is 0.166 e. The largest absolute Gasteiger partial charge is 0.333 e. The van der Waals surface area contributed by atoms with Gasteiger partial charge in [-0.05, 0) is 64.4 Å². The van der Waals surface area contributed by atoms with E-state index in [2.05, 4.69) is 108 Å². The highest BCUT2D eigenvalue weighted by Crippen LogP contribution is 2.43. The number of aromatic amines is 1. The molecule has 1 N–H and O–H groups in total. The molecule has 2 heterocycles. The summed E-state index contributed by atoms with van der Waals surface area (Å²) in [6, 6.07) is 44.3. The van der Waals surface area contributed by atoms with Gasteiger partial charge in [-0.25, -0.2) is 9.37 Å². The molecule has 0 fully saturated rings. The van der Waals surface area contributed by atoms with Crippen molar-refractivity contribution < 1.29 is 4.39 Å². The van der Waals surface area contributed by atoms with Gasteiger partial charge in [-0.3, -0.25) is 4.68 Å². The Morgan fingerprint density at radius 1 is 0.721 bits per heavy atom. The molecule has 210 valence electrons. The molecule has 4 nitrogen and oxygen atoms in total. The molecule has 0 aliphatic heterocycles. The minimum absolute atomic E-state index is 0.281. The molecule has 7 aromatic rings. The second-order valence-corrected chi connectivity index (χ2v) is 11.6. The average Bonchev–Trinajstić information content (AvgIpc) is 3.68. The monoisotopic (exact) mass is 580 g/mol. The third-order valence-electron chi connectivity index (χ3n) is 7.80. The van der Waals surface area contributed by atoms with E-state index in [-0.39, 0.29) is 5.82 Å². The normalized spacial score (nSPS) is 11.7. The van der Waals surface area contributed by atoms with Gasteiger partial charge in [0.05, 0.1) is 11.0 Å². The van der Waals surface area contributed by atoms with Crippen LogP contribution in [0.3, 0.4) is 0 Å². The van der Waals surface area contributed by atoms with Crippen LogP contribution in [0.4, 0.5) is 4.39 Å². The molecule has 0 bridgehead atoms. The summed E-state index contributed by atoms with van der Waals surface area (Å²) in [6.45, 7) is 2.12. The lowest BCUT2D eigenvalue weighted by atomic mass is 9.77. The summed E-state index contributed by atoms with van der Waals surface area (Å²) in [5.41, 5.74) is 7.90. The minimum Gasteiger partial charge on any atom is -0.333 e. The number of hydrogen-bond acceptors (Lipinski definition) is 3. The van der Waals surface area contributed by atoms with E-state index in [4.69, 9.17) is 10.1 Å². The van der Waals surface area contributed by atoms with Crippen LogP contribution in [0.1, 0.15) is 23.6 Å². The van der Waals surface area contributed by atoms with Crippen molar-refractivity contribution in [1.82, 2.24) is 19.7 Å². The van der Waals surface area contributed by atoms with Crippen molar-refractivity contribution in [1.29, 1.82) is 0 Å². The second kappa shape index (κ2) is 11.4. The molecule has 0 atom stereocenters. The van der Waals surface area contributed by atoms with Gasteiger partial charge < -0.3 is 4.98 Å². The zero-order chi connectivity index (χ0) is 29.2. The van der Waals surface area contributed by atoms with Gasteiger partial charge in [0.1, 0.15) is 17.1 Å². The summed E-state index contributed by atoms with van der Waals surface area (Å²) in [4.78, 5) is 8.20. The Kier molecular flexibility index (Phi) is 7.13. The van der Waals surface area contributed by atoms with E-state index in [1.165, 1.54) is 12.1 Å². The Morgan fingerprint density at radius 2 is 1.28 bits per heavy atom. The number of rotatable bonds is 8. The fourth-order valence-electron chi connectivity index (χ4n) is 5.87.